The number of nitrogens with zero attached hydrogens (tertiary/aromatic N) is 4. The van der Waals surface area contributed by atoms with E-state index in [1.807, 2.05) is 18.2 Å². The van der Waals surface area contributed by atoms with Gasteiger partial charge in [-0.3, -0.25) is 19.0 Å². The van der Waals surface area contributed by atoms with Gasteiger partial charge in [-0.05, 0) is 24.3 Å². The molecule has 4 aromatic rings. The van der Waals surface area contributed by atoms with Crippen LogP contribution in [-0.4, -0.2) is 48.4 Å². The summed E-state index contributed by atoms with van der Waals surface area (Å²) in [7, 11) is 0. The molecule has 31 heavy (non-hydrogen) atoms. The van der Waals surface area contributed by atoms with Crippen molar-refractivity contribution in [1.82, 2.24) is 25.1 Å². The van der Waals surface area contributed by atoms with Crippen LogP contribution in [0.25, 0.3) is 22.5 Å². The molecule has 0 atom stereocenters. The van der Waals surface area contributed by atoms with Gasteiger partial charge in [0.25, 0.3) is 11.5 Å². The standard InChI is InChI=1S/C20H15N5O6/c26-14(27)9-22-18(29)15-16(28)12-7-4-8-21-17(12)25(20(15)30)10-13-23-24-19(31-13)11-5-2-1-3-6-11/h1-8,28H,9-10H2,(H,22,29)(H,26,27). The van der Waals surface area contributed by atoms with Crippen molar-refractivity contribution in [2.24, 2.45) is 0 Å². The zero-order chi connectivity index (χ0) is 22.0. The van der Waals surface area contributed by atoms with Crippen molar-refractivity contribution in [2.45, 2.75) is 6.54 Å². The summed E-state index contributed by atoms with van der Waals surface area (Å²) in [6.07, 6.45) is 1.42. The fourth-order valence-electron chi connectivity index (χ4n) is 3.01. The van der Waals surface area contributed by atoms with Gasteiger partial charge in [0, 0.05) is 11.8 Å². The van der Waals surface area contributed by atoms with Crippen molar-refractivity contribution >= 4 is 22.9 Å². The van der Waals surface area contributed by atoms with E-state index in [1.54, 1.807) is 12.1 Å². The van der Waals surface area contributed by atoms with Gasteiger partial charge >= 0.3 is 5.97 Å². The van der Waals surface area contributed by atoms with Crippen molar-refractivity contribution in [3.8, 4) is 17.2 Å². The molecule has 4 rings (SSSR count). The number of nitrogens with one attached hydrogen (secondary N) is 1. The molecule has 0 spiro atoms. The Morgan fingerprint density at radius 2 is 1.87 bits per heavy atom. The van der Waals surface area contributed by atoms with E-state index in [1.165, 1.54) is 18.3 Å². The molecule has 0 radical (unpaired) electrons. The Kier molecular flexibility index (Phi) is 5.14. The number of fused-ring (bicyclic) bond motifs is 1. The molecule has 0 aliphatic carbocycles. The van der Waals surface area contributed by atoms with Gasteiger partial charge in [-0.2, -0.15) is 0 Å². The fraction of sp³-hybridized carbons (Fsp3) is 0.100. The number of aliphatic carboxylic acids is 1. The summed E-state index contributed by atoms with van der Waals surface area (Å²) in [5.41, 5.74) is -0.703. The molecule has 0 saturated heterocycles. The van der Waals surface area contributed by atoms with E-state index in [0.717, 1.165) is 4.57 Å². The maximum absolute atomic E-state index is 13.0. The van der Waals surface area contributed by atoms with Crippen molar-refractivity contribution < 1.29 is 24.2 Å². The lowest BCUT2D eigenvalue weighted by Crippen LogP contribution is -2.36. The topological polar surface area (TPSA) is 160 Å². The van der Waals surface area contributed by atoms with Crippen molar-refractivity contribution in [3.63, 3.8) is 0 Å². The van der Waals surface area contributed by atoms with Crippen molar-refractivity contribution in [3.05, 3.63) is 70.5 Å². The first-order valence-corrected chi connectivity index (χ1v) is 9.04. The third-order valence-corrected chi connectivity index (χ3v) is 4.40. The molecule has 0 unspecified atom stereocenters. The smallest absolute Gasteiger partial charge is 0.322 e. The zero-order valence-corrected chi connectivity index (χ0v) is 15.8. The second kappa shape index (κ2) is 8.06. The van der Waals surface area contributed by atoms with E-state index in [-0.39, 0.29) is 29.4 Å². The molecule has 11 heteroatoms. The fourth-order valence-corrected chi connectivity index (χ4v) is 3.01. The average Bonchev–Trinajstić information content (AvgIpc) is 3.25. The third kappa shape index (κ3) is 3.83. The van der Waals surface area contributed by atoms with Gasteiger partial charge in [-0.1, -0.05) is 18.2 Å². The molecule has 0 aliphatic heterocycles. The van der Waals surface area contributed by atoms with Crippen LogP contribution in [0.3, 0.4) is 0 Å². The van der Waals surface area contributed by atoms with E-state index in [9.17, 15) is 19.5 Å². The number of hydrogen-bond donors (Lipinski definition) is 3. The lowest BCUT2D eigenvalue weighted by molar-refractivity contribution is -0.135. The van der Waals surface area contributed by atoms with Crippen molar-refractivity contribution in [1.29, 1.82) is 0 Å². The maximum Gasteiger partial charge on any atom is 0.322 e. The van der Waals surface area contributed by atoms with Crippen LogP contribution in [-0.2, 0) is 11.3 Å². The first-order chi connectivity index (χ1) is 15.0. The summed E-state index contributed by atoms with van der Waals surface area (Å²) in [4.78, 5) is 40.3. The molecular formula is C20H15N5O6. The lowest BCUT2D eigenvalue weighted by Gasteiger charge is -2.12. The Bertz CT molecular complexity index is 1350. The Hall–Kier alpha value is -4.54. The molecule has 0 bridgehead atoms. The molecule has 0 fully saturated rings. The third-order valence-electron chi connectivity index (χ3n) is 4.40. The Labute approximate surface area is 173 Å². The number of amides is 1. The average molecular weight is 421 g/mol. The second-order valence-corrected chi connectivity index (χ2v) is 6.43. The lowest BCUT2D eigenvalue weighted by atomic mass is 10.1. The van der Waals surface area contributed by atoms with Crippen LogP contribution in [0.2, 0.25) is 0 Å². The van der Waals surface area contributed by atoms with Gasteiger partial charge in [0.05, 0.1) is 5.39 Å². The molecule has 3 aromatic heterocycles. The van der Waals surface area contributed by atoms with E-state index in [4.69, 9.17) is 9.52 Å². The van der Waals surface area contributed by atoms with Crippen LogP contribution < -0.4 is 10.9 Å². The number of aromatic hydroxyl groups is 1. The van der Waals surface area contributed by atoms with Gasteiger partial charge < -0.3 is 19.9 Å². The minimum atomic E-state index is -1.30. The summed E-state index contributed by atoms with van der Waals surface area (Å²) in [5, 5.41) is 29.4. The monoisotopic (exact) mass is 421 g/mol. The first kappa shape index (κ1) is 19.8. The molecule has 3 N–H and O–H groups in total. The number of carboxylic acid groups (broad SMARTS) is 1. The molecule has 11 nitrogen and oxygen atoms in total. The number of aromatic nitrogens is 4. The molecule has 3 heterocycles. The van der Waals surface area contributed by atoms with Crippen LogP contribution in [0.5, 0.6) is 5.75 Å². The van der Waals surface area contributed by atoms with Crippen molar-refractivity contribution in [2.75, 3.05) is 6.54 Å². The molecule has 156 valence electrons. The number of pyridine rings is 2. The molecular weight excluding hydrogens is 406 g/mol. The van der Waals surface area contributed by atoms with Gasteiger partial charge in [0.15, 0.2) is 0 Å². The van der Waals surface area contributed by atoms with Crippen LogP contribution in [0.4, 0.5) is 0 Å². The summed E-state index contributed by atoms with van der Waals surface area (Å²) < 4.78 is 6.74. The Morgan fingerprint density at radius 1 is 1.10 bits per heavy atom. The maximum atomic E-state index is 13.0. The highest BCUT2D eigenvalue weighted by Gasteiger charge is 2.24. The second-order valence-electron chi connectivity index (χ2n) is 6.43. The first-order valence-electron chi connectivity index (χ1n) is 9.04. The molecule has 0 aliphatic rings. The molecule has 1 aromatic carbocycles. The largest absolute Gasteiger partial charge is 0.506 e. The van der Waals surface area contributed by atoms with Gasteiger partial charge in [0.1, 0.15) is 30.0 Å². The predicted molar refractivity (Wildman–Crippen MR) is 106 cm³/mol. The molecule has 1 amide bonds. The van der Waals surface area contributed by atoms with Crippen LogP contribution in [0, 0.1) is 0 Å². The van der Waals surface area contributed by atoms with E-state index in [2.05, 4.69) is 20.5 Å². The van der Waals surface area contributed by atoms with E-state index in [0.29, 0.717) is 5.56 Å². The number of benzene rings is 1. The predicted octanol–water partition coefficient (Wildman–Crippen LogP) is 1.01. The minimum Gasteiger partial charge on any atom is -0.506 e. The van der Waals surface area contributed by atoms with Crippen LogP contribution >= 0.6 is 0 Å². The summed E-state index contributed by atoms with van der Waals surface area (Å²) in [6, 6.07) is 12.0. The number of carboxylic acids is 1. The summed E-state index contributed by atoms with van der Waals surface area (Å²) >= 11 is 0. The highest BCUT2D eigenvalue weighted by Crippen LogP contribution is 2.25. The Balaban J connectivity index is 1.79. The number of carbonyl (C=O) groups is 2. The number of rotatable bonds is 6. The van der Waals surface area contributed by atoms with Crippen LogP contribution in [0.1, 0.15) is 16.2 Å². The highest BCUT2D eigenvalue weighted by molar-refractivity contribution is 6.02. The minimum absolute atomic E-state index is 0.0792. The van der Waals surface area contributed by atoms with Gasteiger partial charge in [-0.15, -0.1) is 10.2 Å². The summed E-state index contributed by atoms with van der Waals surface area (Å²) in [5.74, 6) is -2.59. The quantitative estimate of drug-likeness (QED) is 0.413. The highest BCUT2D eigenvalue weighted by atomic mass is 16.4. The van der Waals surface area contributed by atoms with E-state index < -0.39 is 35.3 Å². The normalized spacial score (nSPS) is 10.8. The summed E-state index contributed by atoms with van der Waals surface area (Å²) in [6.45, 7) is -0.932. The number of carbonyl (C=O) groups excluding carboxylic acids is 1. The number of hydrogen-bond acceptors (Lipinski definition) is 8. The zero-order valence-electron chi connectivity index (χ0n) is 15.8. The van der Waals surface area contributed by atoms with Gasteiger partial charge in [-0.25, -0.2) is 4.98 Å². The Morgan fingerprint density at radius 3 is 2.61 bits per heavy atom. The molecule has 0 saturated carbocycles. The SMILES string of the molecule is O=C(O)CNC(=O)c1c(O)c2cccnc2n(Cc2nnc(-c3ccccc3)o2)c1=O. The van der Waals surface area contributed by atoms with E-state index >= 15 is 0 Å². The van der Waals surface area contributed by atoms with Crippen LogP contribution in [0.15, 0.2) is 57.9 Å². The van der Waals surface area contributed by atoms with Gasteiger partial charge in [0.2, 0.25) is 11.8 Å².